The Labute approximate surface area is 120 Å². The minimum absolute atomic E-state index is 0.000987. The third-order valence-corrected chi connectivity index (χ3v) is 3.03. The number of amides is 1. The highest BCUT2D eigenvalue weighted by atomic mass is 19.1. The predicted molar refractivity (Wildman–Crippen MR) is 80.1 cm³/mol. The second kappa shape index (κ2) is 7.85. The fourth-order valence-electron chi connectivity index (χ4n) is 2.02. The number of carbonyl (C=O) groups is 1. The van der Waals surface area contributed by atoms with Crippen molar-refractivity contribution in [2.75, 3.05) is 18.0 Å². The molecule has 0 saturated heterocycles. The van der Waals surface area contributed by atoms with Gasteiger partial charge in [0.2, 0.25) is 5.91 Å². The van der Waals surface area contributed by atoms with E-state index in [1.165, 1.54) is 6.07 Å². The molecule has 0 bridgehead atoms. The Morgan fingerprint density at radius 3 is 2.65 bits per heavy atom. The number of nitrogens with one attached hydrogen (secondary N) is 1. The van der Waals surface area contributed by atoms with Crippen molar-refractivity contribution in [3.63, 3.8) is 0 Å². The standard InChI is InChI=1S/C15H24FN3O/c1-4-7-18-9-12-5-6-14(13(16)8-12)19(11(2)3)10-15(17)20/h5-6,8,11,18H,4,7,9-10H2,1-3H3,(H2,17,20). The molecule has 0 fully saturated rings. The van der Waals surface area contributed by atoms with E-state index in [-0.39, 0.29) is 18.4 Å². The Morgan fingerprint density at radius 2 is 2.15 bits per heavy atom. The highest BCUT2D eigenvalue weighted by Gasteiger charge is 2.17. The Bertz CT molecular complexity index is 449. The monoisotopic (exact) mass is 281 g/mol. The fourth-order valence-corrected chi connectivity index (χ4v) is 2.02. The fraction of sp³-hybridized carbons (Fsp3) is 0.533. The van der Waals surface area contributed by atoms with Crippen LogP contribution in [0.3, 0.4) is 0 Å². The number of hydrogen-bond acceptors (Lipinski definition) is 3. The van der Waals surface area contributed by atoms with E-state index < -0.39 is 5.91 Å². The Hall–Kier alpha value is -1.62. The molecule has 0 aromatic heterocycles. The Balaban J connectivity index is 2.86. The molecule has 0 atom stereocenters. The van der Waals surface area contributed by atoms with Crippen molar-refractivity contribution < 1.29 is 9.18 Å². The number of carbonyl (C=O) groups excluding carboxylic acids is 1. The van der Waals surface area contributed by atoms with E-state index in [4.69, 9.17) is 5.73 Å². The van der Waals surface area contributed by atoms with Crippen LogP contribution in [-0.4, -0.2) is 25.0 Å². The van der Waals surface area contributed by atoms with E-state index in [2.05, 4.69) is 12.2 Å². The molecule has 4 nitrogen and oxygen atoms in total. The normalized spacial score (nSPS) is 10.8. The summed E-state index contributed by atoms with van der Waals surface area (Å²) < 4.78 is 14.2. The molecule has 0 spiro atoms. The van der Waals surface area contributed by atoms with E-state index in [0.717, 1.165) is 18.5 Å². The van der Waals surface area contributed by atoms with Gasteiger partial charge in [-0.3, -0.25) is 4.79 Å². The lowest BCUT2D eigenvalue weighted by Gasteiger charge is -2.28. The topological polar surface area (TPSA) is 58.4 Å². The van der Waals surface area contributed by atoms with Crippen molar-refractivity contribution in [3.05, 3.63) is 29.6 Å². The van der Waals surface area contributed by atoms with E-state index in [9.17, 15) is 9.18 Å². The molecule has 0 aliphatic carbocycles. The number of primary amides is 1. The maximum atomic E-state index is 14.2. The minimum Gasteiger partial charge on any atom is -0.368 e. The molecule has 0 aliphatic heterocycles. The molecule has 3 N–H and O–H groups in total. The lowest BCUT2D eigenvalue weighted by atomic mass is 10.1. The molecule has 0 aliphatic rings. The van der Waals surface area contributed by atoms with Gasteiger partial charge in [0, 0.05) is 12.6 Å². The first-order valence-electron chi connectivity index (χ1n) is 6.99. The summed E-state index contributed by atoms with van der Waals surface area (Å²) in [6.45, 7) is 7.45. The number of benzene rings is 1. The molecule has 1 aromatic carbocycles. The minimum atomic E-state index is -0.466. The zero-order valence-corrected chi connectivity index (χ0v) is 12.4. The number of nitrogens with zero attached hydrogens (tertiary/aromatic N) is 1. The maximum Gasteiger partial charge on any atom is 0.236 e. The molecular formula is C15H24FN3O. The van der Waals surface area contributed by atoms with Crippen molar-refractivity contribution in [1.82, 2.24) is 5.32 Å². The van der Waals surface area contributed by atoms with Gasteiger partial charge in [-0.05, 0) is 44.5 Å². The van der Waals surface area contributed by atoms with Crippen LogP contribution in [0.5, 0.6) is 0 Å². The van der Waals surface area contributed by atoms with Crippen LogP contribution in [0.15, 0.2) is 18.2 Å². The number of nitrogens with two attached hydrogens (primary N) is 1. The third kappa shape index (κ3) is 4.81. The molecule has 0 unspecified atom stereocenters. The molecular weight excluding hydrogens is 257 g/mol. The molecule has 1 amide bonds. The summed E-state index contributed by atoms with van der Waals surface area (Å²) in [7, 11) is 0. The van der Waals surface area contributed by atoms with Gasteiger partial charge in [0.25, 0.3) is 0 Å². The molecule has 1 rings (SSSR count). The van der Waals surface area contributed by atoms with Crippen molar-refractivity contribution in [1.29, 1.82) is 0 Å². The summed E-state index contributed by atoms with van der Waals surface area (Å²) >= 11 is 0. The van der Waals surface area contributed by atoms with Gasteiger partial charge in [-0.2, -0.15) is 0 Å². The summed E-state index contributed by atoms with van der Waals surface area (Å²) in [4.78, 5) is 12.8. The smallest absolute Gasteiger partial charge is 0.236 e. The quantitative estimate of drug-likeness (QED) is 0.717. The third-order valence-electron chi connectivity index (χ3n) is 3.03. The molecule has 1 aromatic rings. The van der Waals surface area contributed by atoms with Crippen LogP contribution >= 0.6 is 0 Å². The summed E-state index contributed by atoms with van der Waals surface area (Å²) in [6, 6.07) is 5.09. The highest BCUT2D eigenvalue weighted by Crippen LogP contribution is 2.22. The summed E-state index contributed by atoms with van der Waals surface area (Å²) in [5.74, 6) is -0.789. The van der Waals surface area contributed by atoms with Gasteiger partial charge in [-0.25, -0.2) is 4.39 Å². The van der Waals surface area contributed by atoms with Gasteiger partial charge in [0.05, 0.1) is 12.2 Å². The van der Waals surface area contributed by atoms with E-state index in [1.807, 2.05) is 19.9 Å². The van der Waals surface area contributed by atoms with Crippen molar-refractivity contribution in [3.8, 4) is 0 Å². The number of anilines is 1. The lowest BCUT2D eigenvalue weighted by Crippen LogP contribution is -2.39. The Kier molecular flexibility index (Phi) is 6.45. The lowest BCUT2D eigenvalue weighted by molar-refractivity contribution is -0.116. The summed E-state index contributed by atoms with van der Waals surface area (Å²) in [5.41, 5.74) is 6.52. The second-order valence-electron chi connectivity index (χ2n) is 5.15. The number of halogens is 1. The molecule has 0 heterocycles. The van der Waals surface area contributed by atoms with Gasteiger partial charge in [0.15, 0.2) is 0 Å². The van der Waals surface area contributed by atoms with Crippen LogP contribution in [0, 0.1) is 5.82 Å². The van der Waals surface area contributed by atoms with Crippen LogP contribution in [0.2, 0.25) is 0 Å². The molecule has 112 valence electrons. The zero-order valence-electron chi connectivity index (χ0n) is 12.4. The number of rotatable bonds is 8. The van der Waals surface area contributed by atoms with Gasteiger partial charge < -0.3 is 16.0 Å². The van der Waals surface area contributed by atoms with Crippen molar-refractivity contribution >= 4 is 11.6 Å². The van der Waals surface area contributed by atoms with Crippen molar-refractivity contribution in [2.24, 2.45) is 5.73 Å². The van der Waals surface area contributed by atoms with E-state index in [1.54, 1.807) is 11.0 Å². The van der Waals surface area contributed by atoms with Gasteiger partial charge in [-0.1, -0.05) is 13.0 Å². The van der Waals surface area contributed by atoms with Crippen LogP contribution in [0.4, 0.5) is 10.1 Å². The molecule has 20 heavy (non-hydrogen) atoms. The van der Waals surface area contributed by atoms with Gasteiger partial charge in [-0.15, -0.1) is 0 Å². The van der Waals surface area contributed by atoms with Crippen LogP contribution < -0.4 is 16.0 Å². The van der Waals surface area contributed by atoms with Gasteiger partial charge in [0.1, 0.15) is 5.82 Å². The van der Waals surface area contributed by atoms with Crippen LogP contribution in [-0.2, 0) is 11.3 Å². The average Bonchev–Trinajstić information content (AvgIpc) is 2.36. The molecule has 0 radical (unpaired) electrons. The van der Waals surface area contributed by atoms with Crippen LogP contribution in [0.25, 0.3) is 0 Å². The molecule has 5 heteroatoms. The van der Waals surface area contributed by atoms with Crippen LogP contribution in [0.1, 0.15) is 32.8 Å². The summed E-state index contributed by atoms with van der Waals surface area (Å²) in [6.07, 6.45) is 1.04. The zero-order chi connectivity index (χ0) is 15.1. The Morgan fingerprint density at radius 1 is 1.45 bits per heavy atom. The van der Waals surface area contributed by atoms with Crippen molar-refractivity contribution in [2.45, 2.75) is 39.8 Å². The van der Waals surface area contributed by atoms with Gasteiger partial charge >= 0.3 is 0 Å². The average molecular weight is 281 g/mol. The van der Waals surface area contributed by atoms with E-state index >= 15 is 0 Å². The van der Waals surface area contributed by atoms with E-state index in [0.29, 0.717) is 12.2 Å². The largest absolute Gasteiger partial charge is 0.368 e. The second-order valence-corrected chi connectivity index (χ2v) is 5.15. The number of hydrogen-bond donors (Lipinski definition) is 2. The summed E-state index contributed by atoms with van der Waals surface area (Å²) in [5, 5.41) is 3.23. The predicted octanol–water partition coefficient (Wildman–Crippen LogP) is 2.03. The SMILES string of the molecule is CCCNCc1ccc(N(CC(N)=O)C(C)C)c(F)c1. The first kappa shape index (κ1) is 16.4. The maximum absolute atomic E-state index is 14.2. The first-order valence-corrected chi connectivity index (χ1v) is 6.99. The molecule has 0 saturated carbocycles. The highest BCUT2D eigenvalue weighted by molar-refractivity contribution is 5.79. The first-order chi connectivity index (χ1) is 9.45.